The topological polar surface area (TPSA) is 50.7 Å². The lowest BCUT2D eigenvalue weighted by Crippen LogP contribution is -2.46. The molecule has 112 valence electrons. The van der Waals surface area contributed by atoms with Crippen LogP contribution in [0.25, 0.3) is 0 Å². The molecular weight excluding hydrogens is 254 g/mol. The molecule has 0 bridgehead atoms. The van der Waals surface area contributed by atoms with Gasteiger partial charge in [-0.1, -0.05) is 17.7 Å². The zero-order chi connectivity index (χ0) is 14.6. The van der Waals surface area contributed by atoms with E-state index in [1.165, 1.54) is 0 Å². The summed E-state index contributed by atoms with van der Waals surface area (Å²) < 4.78 is 11.1. The van der Waals surface area contributed by atoms with Crippen molar-refractivity contribution < 1.29 is 14.6 Å². The SMILES string of the molecule is COc1ccc(C)cc1C(C)(CO)NCC1CCCO1. The third-order valence-electron chi connectivity index (χ3n) is 4.01. The van der Waals surface area contributed by atoms with Gasteiger partial charge in [0.15, 0.2) is 0 Å². The number of ether oxygens (including phenoxy) is 2. The Hall–Kier alpha value is -1.10. The summed E-state index contributed by atoms with van der Waals surface area (Å²) >= 11 is 0. The molecule has 0 radical (unpaired) electrons. The lowest BCUT2D eigenvalue weighted by Gasteiger charge is -2.32. The minimum atomic E-state index is -0.524. The van der Waals surface area contributed by atoms with Gasteiger partial charge < -0.3 is 19.9 Å². The lowest BCUT2D eigenvalue weighted by molar-refractivity contribution is 0.0904. The second kappa shape index (κ2) is 6.57. The van der Waals surface area contributed by atoms with E-state index in [-0.39, 0.29) is 12.7 Å². The average molecular weight is 279 g/mol. The molecule has 1 aromatic carbocycles. The van der Waals surface area contributed by atoms with Crippen LogP contribution in [0.15, 0.2) is 18.2 Å². The number of hydrogen-bond acceptors (Lipinski definition) is 4. The summed E-state index contributed by atoms with van der Waals surface area (Å²) in [5.74, 6) is 0.798. The van der Waals surface area contributed by atoms with Gasteiger partial charge >= 0.3 is 0 Å². The summed E-state index contributed by atoms with van der Waals surface area (Å²) in [5, 5.41) is 13.3. The van der Waals surface area contributed by atoms with Crippen molar-refractivity contribution in [1.82, 2.24) is 5.32 Å². The van der Waals surface area contributed by atoms with E-state index in [0.29, 0.717) is 0 Å². The fourth-order valence-corrected chi connectivity index (χ4v) is 2.63. The Morgan fingerprint density at radius 2 is 2.30 bits per heavy atom. The molecule has 0 aliphatic carbocycles. The van der Waals surface area contributed by atoms with Crippen molar-refractivity contribution in [2.75, 3.05) is 26.9 Å². The van der Waals surface area contributed by atoms with E-state index >= 15 is 0 Å². The van der Waals surface area contributed by atoms with Gasteiger partial charge in [-0.2, -0.15) is 0 Å². The molecule has 0 aromatic heterocycles. The first-order chi connectivity index (χ1) is 9.59. The number of hydrogen-bond donors (Lipinski definition) is 2. The van der Waals surface area contributed by atoms with Crippen molar-refractivity contribution in [3.63, 3.8) is 0 Å². The summed E-state index contributed by atoms with van der Waals surface area (Å²) in [6.45, 7) is 5.64. The van der Waals surface area contributed by atoms with Gasteiger partial charge in [0.1, 0.15) is 5.75 Å². The number of rotatable bonds is 6. The summed E-state index contributed by atoms with van der Waals surface area (Å²) in [6, 6.07) is 6.03. The van der Waals surface area contributed by atoms with Crippen molar-refractivity contribution >= 4 is 0 Å². The largest absolute Gasteiger partial charge is 0.496 e. The van der Waals surface area contributed by atoms with Gasteiger partial charge in [-0.15, -0.1) is 0 Å². The van der Waals surface area contributed by atoms with E-state index in [2.05, 4.69) is 11.4 Å². The van der Waals surface area contributed by atoms with Crippen LogP contribution in [0.5, 0.6) is 5.75 Å². The predicted molar refractivity (Wildman–Crippen MR) is 79.1 cm³/mol. The lowest BCUT2D eigenvalue weighted by atomic mass is 9.90. The van der Waals surface area contributed by atoms with Crippen LogP contribution in [0, 0.1) is 6.92 Å². The number of aliphatic hydroxyl groups excluding tert-OH is 1. The van der Waals surface area contributed by atoms with Crippen LogP contribution < -0.4 is 10.1 Å². The van der Waals surface area contributed by atoms with E-state index < -0.39 is 5.54 Å². The van der Waals surface area contributed by atoms with Crippen molar-refractivity contribution in [3.8, 4) is 5.75 Å². The molecule has 0 spiro atoms. The summed E-state index contributed by atoms with van der Waals surface area (Å²) in [5.41, 5.74) is 1.61. The van der Waals surface area contributed by atoms with Gasteiger partial charge in [-0.25, -0.2) is 0 Å². The smallest absolute Gasteiger partial charge is 0.124 e. The molecule has 20 heavy (non-hydrogen) atoms. The van der Waals surface area contributed by atoms with Crippen molar-refractivity contribution in [1.29, 1.82) is 0 Å². The number of benzene rings is 1. The maximum absolute atomic E-state index is 9.86. The third-order valence-corrected chi connectivity index (χ3v) is 4.01. The van der Waals surface area contributed by atoms with Gasteiger partial charge in [0, 0.05) is 18.7 Å². The van der Waals surface area contributed by atoms with E-state index in [9.17, 15) is 5.11 Å². The average Bonchev–Trinajstić information content (AvgIpc) is 2.98. The molecule has 2 rings (SSSR count). The molecule has 4 heteroatoms. The van der Waals surface area contributed by atoms with E-state index in [4.69, 9.17) is 9.47 Å². The molecule has 1 saturated heterocycles. The number of aryl methyl sites for hydroxylation is 1. The molecule has 0 amide bonds. The molecule has 4 nitrogen and oxygen atoms in total. The molecule has 1 aliphatic heterocycles. The Morgan fingerprint density at radius 3 is 2.90 bits per heavy atom. The zero-order valence-electron chi connectivity index (χ0n) is 12.6. The van der Waals surface area contributed by atoms with Crippen LogP contribution >= 0.6 is 0 Å². The monoisotopic (exact) mass is 279 g/mol. The van der Waals surface area contributed by atoms with Gasteiger partial charge in [-0.3, -0.25) is 0 Å². The minimum absolute atomic E-state index is 0.0134. The first kappa shape index (κ1) is 15.3. The Bertz CT molecular complexity index is 443. The quantitative estimate of drug-likeness (QED) is 0.836. The Morgan fingerprint density at radius 1 is 1.50 bits per heavy atom. The fourth-order valence-electron chi connectivity index (χ4n) is 2.63. The van der Waals surface area contributed by atoms with Gasteiger partial charge in [0.25, 0.3) is 0 Å². The standard InChI is InChI=1S/C16H25NO3/c1-12-6-7-15(19-3)14(9-12)16(2,11-18)17-10-13-5-4-8-20-13/h6-7,9,13,17-18H,4-5,8,10-11H2,1-3H3. The molecule has 2 atom stereocenters. The highest BCUT2D eigenvalue weighted by Gasteiger charge is 2.30. The summed E-state index contributed by atoms with van der Waals surface area (Å²) in [6.07, 6.45) is 2.45. The highest BCUT2D eigenvalue weighted by atomic mass is 16.5. The van der Waals surface area contributed by atoms with E-state index in [1.807, 2.05) is 26.0 Å². The molecule has 2 unspecified atom stereocenters. The number of nitrogens with one attached hydrogen (secondary N) is 1. The van der Waals surface area contributed by atoms with Gasteiger partial charge in [0.2, 0.25) is 0 Å². The van der Waals surface area contributed by atoms with Gasteiger partial charge in [-0.05, 0) is 32.8 Å². The first-order valence-electron chi connectivity index (χ1n) is 7.21. The summed E-state index contributed by atoms with van der Waals surface area (Å²) in [4.78, 5) is 0. The fraction of sp³-hybridized carbons (Fsp3) is 0.625. The third kappa shape index (κ3) is 3.32. The first-order valence-corrected chi connectivity index (χ1v) is 7.21. The second-order valence-electron chi connectivity index (χ2n) is 5.71. The van der Waals surface area contributed by atoms with E-state index in [0.717, 1.165) is 42.9 Å². The molecule has 1 heterocycles. The van der Waals surface area contributed by atoms with Crippen molar-refractivity contribution in [2.45, 2.75) is 38.3 Å². The van der Waals surface area contributed by atoms with Gasteiger partial charge in [0.05, 0.1) is 25.4 Å². The normalized spacial score (nSPS) is 21.7. The Kier molecular flexibility index (Phi) is 5.02. The maximum atomic E-state index is 9.86. The van der Waals surface area contributed by atoms with Crippen molar-refractivity contribution in [3.05, 3.63) is 29.3 Å². The molecule has 1 fully saturated rings. The summed E-state index contributed by atoms with van der Waals surface area (Å²) in [7, 11) is 1.66. The zero-order valence-corrected chi connectivity index (χ0v) is 12.6. The molecular formula is C16H25NO3. The van der Waals surface area contributed by atoms with Crippen LogP contribution in [0.4, 0.5) is 0 Å². The minimum Gasteiger partial charge on any atom is -0.496 e. The van der Waals surface area contributed by atoms with Crippen LogP contribution in [0.3, 0.4) is 0 Å². The maximum Gasteiger partial charge on any atom is 0.124 e. The van der Waals surface area contributed by atoms with E-state index in [1.54, 1.807) is 7.11 Å². The van der Waals surface area contributed by atoms with Crippen LogP contribution in [-0.2, 0) is 10.3 Å². The number of aliphatic hydroxyl groups is 1. The van der Waals surface area contributed by atoms with Crippen molar-refractivity contribution in [2.24, 2.45) is 0 Å². The van der Waals surface area contributed by atoms with Crippen LogP contribution in [0.1, 0.15) is 30.9 Å². The predicted octanol–water partition coefficient (Wildman–Crippen LogP) is 1.98. The number of methoxy groups -OCH3 is 1. The molecule has 2 N–H and O–H groups in total. The highest BCUT2D eigenvalue weighted by molar-refractivity contribution is 5.41. The van der Waals surface area contributed by atoms with Crippen LogP contribution in [-0.4, -0.2) is 38.1 Å². The molecule has 0 saturated carbocycles. The Labute approximate surface area is 121 Å². The molecule has 1 aromatic rings. The second-order valence-corrected chi connectivity index (χ2v) is 5.71. The molecule has 1 aliphatic rings. The Balaban J connectivity index is 2.17. The highest BCUT2D eigenvalue weighted by Crippen LogP contribution is 2.31. The van der Waals surface area contributed by atoms with Crippen LogP contribution in [0.2, 0.25) is 0 Å².